The molecule has 1 rings (SSSR count). The maximum Gasteiger partial charge on any atom is 0.123 e. The van der Waals surface area contributed by atoms with E-state index in [1.54, 1.807) is 7.11 Å². The summed E-state index contributed by atoms with van der Waals surface area (Å²) in [6.07, 6.45) is 4.47. The van der Waals surface area contributed by atoms with Gasteiger partial charge in [0.1, 0.15) is 6.29 Å². The summed E-state index contributed by atoms with van der Waals surface area (Å²) in [6.45, 7) is 5.27. The van der Waals surface area contributed by atoms with Crippen molar-refractivity contribution in [1.29, 1.82) is 0 Å². The zero-order valence-electron chi connectivity index (χ0n) is 8.88. The highest BCUT2D eigenvalue weighted by Crippen LogP contribution is 2.40. The van der Waals surface area contributed by atoms with Crippen molar-refractivity contribution in [2.75, 3.05) is 13.7 Å². The summed E-state index contributed by atoms with van der Waals surface area (Å²) in [5.41, 5.74) is 0.271. The quantitative estimate of drug-likeness (QED) is 0.613. The number of hydrogen-bond acceptors (Lipinski definition) is 2. The van der Waals surface area contributed by atoms with E-state index in [1.807, 2.05) is 0 Å². The van der Waals surface area contributed by atoms with Gasteiger partial charge in [0.05, 0.1) is 6.61 Å². The molecule has 76 valence electrons. The highest BCUT2D eigenvalue weighted by Gasteiger charge is 2.33. The minimum absolute atomic E-state index is 0.271. The fourth-order valence-electron chi connectivity index (χ4n) is 2.30. The molecule has 0 N–H and O–H groups in total. The largest absolute Gasteiger partial charge is 0.384 e. The molecule has 0 bridgehead atoms. The Hall–Kier alpha value is -0.370. The van der Waals surface area contributed by atoms with Crippen LogP contribution in [0.25, 0.3) is 0 Å². The Bertz CT molecular complexity index is 169. The Labute approximate surface area is 80.7 Å². The summed E-state index contributed by atoms with van der Waals surface area (Å²) in [5, 5.41) is 0. The van der Waals surface area contributed by atoms with Crippen LogP contribution in [0.15, 0.2) is 0 Å². The normalized spacial score (nSPS) is 28.2. The van der Waals surface area contributed by atoms with E-state index < -0.39 is 0 Å². The van der Waals surface area contributed by atoms with Crippen LogP contribution in [0.1, 0.15) is 33.1 Å². The summed E-state index contributed by atoms with van der Waals surface area (Å²) in [5.74, 6) is 1.10. The summed E-state index contributed by atoms with van der Waals surface area (Å²) in [6, 6.07) is 0. The molecule has 1 aliphatic rings. The van der Waals surface area contributed by atoms with Crippen LogP contribution in [0.5, 0.6) is 0 Å². The molecule has 0 aliphatic heterocycles. The van der Waals surface area contributed by atoms with Crippen molar-refractivity contribution in [1.82, 2.24) is 0 Å². The Morgan fingerprint density at radius 3 is 2.54 bits per heavy atom. The molecule has 1 fully saturated rings. The molecule has 1 saturated carbocycles. The van der Waals surface area contributed by atoms with Crippen molar-refractivity contribution in [3.63, 3.8) is 0 Å². The number of ether oxygens (including phenoxy) is 1. The third-order valence-corrected chi connectivity index (χ3v) is 2.84. The Morgan fingerprint density at radius 1 is 1.46 bits per heavy atom. The van der Waals surface area contributed by atoms with Gasteiger partial charge < -0.3 is 9.53 Å². The number of methoxy groups -OCH3 is 1. The van der Waals surface area contributed by atoms with E-state index in [0.29, 0.717) is 5.92 Å². The number of rotatable bonds is 5. The third kappa shape index (κ3) is 3.11. The highest BCUT2D eigenvalue weighted by atomic mass is 16.5. The molecule has 0 aromatic carbocycles. The van der Waals surface area contributed by atoms with Crippen molar-refractivity contribution in [3.8, 4) is 0 Å². The Kier molecular flexibility index (Phi) is 3.48. The van der Waals surface area contributed by atoms with Crippen LogP contribution in [0.4, 0.5) is 0 Å². The van der Waals surface area contributed by atoms with Crippen LogP contribution in [0, 0.1) is 17.3 Å². The van der Waals surface area contributed by atoms with Crippen LogP contribution in [0.3, 0.4) is 0 Å². The van der Waals surface area contributed by atoms with Crippen LogP contribution < -0.4 is 0 Å². The first kappa shape index (κ1) is 10.7. The van der Waals surface area contributed by atoms with Crippen molar-refractivity contribution in [2.24, 2.45) is 17.3 Å². The lowest BCUT2D eigenvalue weighted by Crippen LogP contribution is -2.31. The van der Waals surface area contributed by atoms with Gasteiger partial charge in [-0.15, -0.1) is 0 Å². The lowest BCUT2D eigenvalue weighted by molar-refractivity contribution is -0.115. The molecular formula is C11H20O2. The maximum atomic E-state index is 10.4. The van der Waals surface area contributed by atoms with E-state index >= 15 is 0 Å². The van der Waals surface area contributed by atoms with E-state index in [9.17, 15) is 4.79 Å². The van der Waals surface area contributed by atoms with Crippen LogP contribution in [-0.2, 0) is 9.53 Å². The molecule has 2 heteroatoms. The molecule has 0 aromatic rings. The van der Waals surface area contributed by atoms with Gasteiger partial charge in [0.2, 0.25) is 0 Å². The lowest BCUT2D eigenvalue weighted by Gasteiger charge is -2.37. The minimum atomic E-state index is 0.271. The monoisotopic (exact) mass is 184 g/mol. The van der Waals surface area contributed by atoms with Gasteiger partial charge in [-0.05, 0) is 30.6 Å². The Balaban J connectivity index is 2.22. The smallest absolute Gasteiger partial charge is 0.123 e. The van der Waals surface area contributed by atoms with E-state index in [-0.39, 0.29) is 5.41 Å². The van der Waals surface area contributed by atoms with Gasteiger partial charge in [-0.25, -0.2) is 0 Å². The molecule has 2 nitrogen and oxygen atoms in total. The fourth-order valence-corrected chi connectivity index (χ4v) is 2.30. The van der Waals surface area contributed by atoms with Crippen molar-refractivity contribution in [3.05, 3.63) is 0 Å². The third-order valence-electron chi connectivity index (χ3n) is 2.84. The zero-order chi connectivity index (χ0) is 9.90. The first-order valence-corrected chi connectivity index (χ1v) is 5.01. The first-order chi connectivity index (χ1) is 6.07. The molecule has 0 aromatic heterocycles. The molecule has 0 heterocycles. The first-order valence-electron chi connectivity index (χ1n) is 5.01. The molecule has 0 spiro atoms. The number of carbonyl (C=O) groups excluding carboxylic acids is 1. The summed E-state index contributed by atoms with van der Waals surface area (Å²) in [4.78, 5) is 10.4. The van der Waals surface area contributed by atoms with Gasteiger partial charge in [-0.1, -0.05) is 13.8 Å². The zero-order valence-corrected chi connectivity index (χ0v) is 8.88. The number of aldehydes is 1. The number of carbonyl (C=O) groups is 1. The van der Waals surface area contributed by atoms with Crippen molar-refractivity contribution < 1.29 is 9.53 Å². The molecular weight excluding hydrogens is 164 g/mol. The average Bonchev–Trinajstić information content (AvgIpc) is 1.95. The summed E-state index contributed by atoms with van der Waals surface area (Å²) < 4.78 is 5.16. The second-order valence-electron chi connectivity index (χ2n) is 5.03. The summed E-state index contributed by atoms with van der Waals surface area (Å²) >= 11 is 0. The van der Waals surface area contributed by atoms with E-state index in [1.165, 1.54) is 6.42 Å². The molecule has 0 unspecified atom stereocenters. The van der Waals surface area contributed by atoms with Crippen LogP contribution in [0.2, 0.25) is 0 Å². The topological polar surface area (TPSA) is 26.3 Å². The lowest BCUT2D eigenvalue weighted by atomic mass is 9.68. The SMILES string of the molecule is COCC(C)(C)CC1CC(C=O)C1. The second-order valence-corrected chi connectivity index (χ2v) is 5.03. The molecule has 1 aliphatic carbocycles. The molecule has 0 amide bonds. The minimum Gasteiger partial charge on any atom is -0.384 e. The van der Waals surface area contributed by atoms with Gasteiger partial charge >= 0.3 is 0 Å². The average molecular weight is 184 g/mol. The van der Waals surface area contributed by atoms with Gasteiger partial charge in [0, 0.05) is 13.0 Å². The number of hydrogen-bond donors (Lipinski definition) is 0. The molecule has 13 heavy (non-hydrogen) atoms. The van der Waals surface area contributed by atoms with E-state index in [2.05, 4.69) is 13.8 Å². The predicted molar refractivity (Wildman–Crippen MR) is 52.6 cm³/mol. The van der Waals surface area contributed by atoms with Gasteiger partial charge in [0.25, 0.3) is 0 Å². The van der Waals surface area contributed by atoms with Crippen LogP contribution >= 0.6 is 0 Å². The van der Waals surface area contributed by atoms with E-state index in [4.69, 9.17) is 4.74 Å². The highest BCUT2D eigenvalue weighted by molar-refractivity contribution is 5.54. The van der Waals surface area contributed by atoms with Crippen LogP contribution in [-0.4, -0.2) is 20.0 Å². The molecule has 0 atom stereocenters. The van der Waals surface area contributed by atoms with Gasteiger partial charge in [-0.2, -0.15) is 0 Å². The predicted octanol–water partition coefficient (Wildman–Crippen LogP) is 2.27. The van der Waals surface area contributed by atoms with Gasteiger partial charge in [0.15, 0.2) is 0 Å². The Morgan fingerprint density at radius 2 is 2.08 bits per heavy atom. The fraction of sp³-hybridized carbons (Fsp3) is 0.909. The standard InChI is InChI=1S/C11H20O2/c1-11(2,8-13-3)6-9-4-10(5-9)7-12/h7,9-10H,4-6,8H2,1-3H3. The molecule has 0 saturated heterocycles. The maximum absolute atomic E-state index is 10.4. The summed E-state index contributed by atoms with van der Waals surface area (Å²) in [7, 11) is 1.75. The van der Waals surface area contributed by atoms with Gasteiger partial charge in [-0.3, -0.25) is 0 Å². The van der Waals surface area contributed by atoms with Crippen molar-refractivity contribution >= 4 is 6.29 Å². The van der Waals surface area contributed by atoms with Crippen molar-refractivity contribution in [2.45, 2.75) is 33.1 Å². The molecule has 0 radical (unpaired) electrons. The second kappa shape index (κ2) is 4.23. The van der Waals surface area contributed by atoms with E-state index in [0.717, 1.165) is 31.7 Å².